The van der Waals surface area contributed by atoms with Crippen molar-refractivity contribution in [2.24, 2.45) is 0 Å². The molecule has 1 heterocycles. The first-order valence-electron chi connectivity index (χ1n) is 5.47. The van der Waals surface area contributed by atoms with E-state index >= 15 is 0 Å². The maximum absolute atomic E-state index is 11.9. The quantitative estimate of drug-likeness (QED) is 0.803. The maximum Gasteiger partial charge on any atom is 0.240 e. The first-order valence-corrected chi connectivity index (χ1v) is 7.06. The summed E-state index contributed by atoms with van der Waals surface area (Å²) in [5.41, 5.74) is 0.664. The van der Waals surface area contributed by atoms with Crippen molar-refractivity contribution in [1.29, 1.82) is 0 Å². The molecule has 0 spiro atoms. The predicted molar refractivity (Wildman–Crippen MR) is 76.8 cm³/mol. The van der Waals surface area contributed by atoms with E-state index in [1.54, 1.807) is 26.0 Å². The molecule has 0 bridgehead atoms. The third-order valence-corrected chi connectivity index (χ3v) is 3.44. The molecule has 2 rings (SSSR count). The van der Waals surface area contributed by atoms with Gasteiger partial charge in [-0.2, -0.15) is 0 Å². The lowest BCUT2D eigenvalue weighted by Crippen LogP contribution is -2.31. The molecule has 1 amide bonds. The molecule has 18 heavy (non-hydrogen) atoms. The smallest absolute Gasteiger partial charge is 0.240 e. The molecule has 98 valence electrons. The number of rotatable bonds is 2. The van der Waals surface area contributed by atoms with Gasteiger partial charge in [-0.3, -0.25) is 4.79 Å². The Kier molecular flexibility index (Phi) is 3.87. The number of fused-ring (bicyclic) bond motifs is 1. The first kappa shape index (κ1) is 13.7. The zero-order valence-electron chi connectivity index (χ0n) is 10.0. The second-order valence-electron chi connectivity index (χ2n) is 4.40. The minimum atomic E-state index is -0.625. The fraction of sp³-hybridized carbons (Fsp3) is 0.417. The molecular weight excluding hydrogens is 366 g/mol. The SMILES string of the molecule is CC(C)(Br)C(=O)Nc1cc2c(cc1Br)OCCO2. The fourth-order valence-electron chi connectivity index (χ4n) is 1.43. The summed E-state index contributed by atoms with van der Waals surface area (Å²) in [6.45, 7) is 4.63. The molecule has 0 saturated carbocycles. The molecule has 1 aliphatic heterocycles. The second-order valence-corrected chi connectivity index (χ2v) is 7.24. The number of halogens is 2. The number of ether oxygens (including phenoxy) is 2. The molecule has 1 aliphatic rings. The third-order valence-electron chi connectivity index (χ3n) is 2.42. The number of alkyl halides is 1. The molecule has 0 fully saturated rings. The molecule has 0 atom stereocenters. The molecule has 0 radical (unpaired) electrons. The topological polar surface area (TPSA) is 47.6 Å². The Morgan fingerprint density at radius 1 is 1.28 bits per heavy atom. The lowest BCUT2D eigenvalue weighted by Gasteiger charge is -2.21. The summed E-state index contributed by atoms with van der Waals surface area (Å²) in [5, 5.41) is 2.83. The van der Waals surface area contributed by atoms with Gasteiger partial charge in [0.1, 0.15) is 13.2 Å². The van der Waals surface area contributed by atoms with Crippen LogP contribution in [0.2, 0.25) is 0 Å². The average Bonchev–Trinajstić information content (AvgIpc) is 2.28. The summed E-state index contributed by atoms with van der Waals surface area (Å²) in [6.07, 6.45) is 0. The number of benzene rings is 1. The van der Waals surface area contributed by atoms with E-state index in [0.717, 1.165) is 4.47 Å². The Bertz CT molecular complexity index is 483. The van der Waals surface area contributed by atoms with Crippen LogP contribution < -0.4 is 14.8 Å². The maximum atomic E-state index is 11.9. The van der Waals surface area contributed by atoms with Gasteiger partial charge < -0.3 is 14.8 Å². The Hall–Kier alpha value is -0.750. The average molecular weight is 379 g/mol. The highest BCUT2D eigenvalue weighted by Gasteiger charge is 2.25. The molecule has 1 N–H and O–H groups in total. The second kappa shape index (κ2) is 5.09. The third kappa shape index (κ3) is 2.98. The van der Waals surface area contributed by atoms with Crippen LogP contribution in [0.15, 0.2) is 16.6 Å². The van der Waals surface area contributed by atoms with Crippen LogP contribution in [-0.4, -0.2) is 23.4 Å². The van der Waals surface area contributed by atoms with Crippen molar-refractivity contribution in [3.63, 3.8) is 0 Å². The van der Waals surface area contributed by atoms with E-state index in [4.69, 9.17) is 9.47 Å². The normalized spacial score (nSPS) is 14.2. The van der Waals surface area contributed by atoms with Crippen LogP contribution in [0, 0.1) is 0 Å². The van der Waals surface area contributed by atoms with Gasteiger partial charge in [-0.1, -0.05) is 15.9 Å². The fourth-order valence-corrected chi connectivity index (χ4v) is 1.95. The van der Waals surface area contributed by atoms with E-state index in [0.29, 0.717) is 30.4 Å². The first-order chi connectivity index (χ1) is 8.38. The van der Waals surface area contributed by atoms with Crippen molar-refractivity contribution in [3.8, 4) is 11.5 Å². The number of nitrogens with one attached hydrogen (secondary N) is 1. The van der Waals surface area contributed by atoms with Gasteiger partial charge >= 0.3 is 0 Å². The Balaban J connectivity index is 2.26. The molecule has 0 saturated heterocycles. The molecule has 0 aliphatic carbocycles. The predicted octanol–water partition coefficient (Wildman–Crippen LogP) is 3.33. The van der Waals surface area contributed by atoms with Crippen molar-refractivity contribution >= 4 is 43.5 Å². The minimum Gasteiger partial charge on any atom is -0.486 e. The van der Waals surface area contributed by atoms with Crippen molar-refractivity contribution in [1.82, 2.24) is 0 Å². The number of amides is 1. The summed E-state index contributed by atoms with van der Waals surface area (Å²) in [5.74, 6) is 1.20. The van der Waals surface area contributed by atoms with Gasteiger partial charge in [0.25, 0.3) is 0 Å². The summed E-state index contributed by atoms with van der Waals surface area (Å²) in [4.78, 5) is 11.9. The summed E-state index contributed by atoms with van der Waals surface area (Å²) >= 11 is 6.72. The van der Waals surface area contributed by atoms with Crippen molar-refractivity contribution in [2.75, 3.05) is 18.5 Å². The van der Waals surface area contributed by atoms with E-state index in [2.05, 4.69) is 37.2 Å². The molecule has 6 heteroatoms. The molecule has 1 aromatic rings. The Morgan fingerprint density at radius 2 is 1.83 bits per heavy atom. The van der Waals surface area contributed by atoms with Gasteiger partial charge in [-0.15, -0.1) is 0 Å². The largest absolute Gasteiger partial charge is 0.486 e. The van der Waals surface area contributed by atoms with Crippen LogP contribution in [0.25, 0.3) is 0 Å². The van der Waals surface area contributed by atoms with E-state index in [9.17, 15) is 4.79 Å². The van der Waals surface area contributed by atoms with E-state index in [1.165, 1.54) is 0 Å². The Morgan fingerprint density at radius 3 is 2.39 bits per heavy atom. The highest BCUT2D eigenvalue weighted by atomic mass is 79.9. The van der Waals surface area contributed by atoms with Crippen LogP contribution in [0.5, 0.6) is 11.5 Å². The van der Waals surface area contributed by atoms with Gasteiger partial charge in [0.2, 0.25) is 5.91 Å². The molecule has 1 aromatic carbocycles. The zero-order valence-corrected chi connectivity index (χ0v) is 13.2. The van der Waals surface area contributed by atoms with Crippen LogP contribution in [0.3, 0.4) is 0 Å². The molecule has 0 unspecified atom stereocenters. The highest BCUT2D eigenvalue weighted by molar-refractivity contribution is 9.10. The van der Waals surface area contributed by atoms with Gasteiger partial charge in [0, 0.05) is 16.6 Å². The van der Waals surface area contributed by atoms with E-state index in [-0.39, 0.29) is 5.91 Å². The number of anilines is 1. The molecule has 0 aromatic heterocycles. The molecule has 4 nitrogen and oxygen atoms in total. The van der Waals surface area contributed by atoms with Crippen LogP contribution in [-0.2, 0) is 4.79 Å². The van der Waals surface area contributed by atoms with Crippen LogP contribution >= 0.6 is 31.9 Å². The number of hydrogen-bond acceptors (Lipinski definition) is 3. The number of carbonyl (C=O) groups is 1. The number of hydrogen-bond donors (Lipinski definition) is 1. The van der Waals surface area contributed by atoms with Gasteiger partial charge in [-0.05, 0) is 29.8 Å². The molecular formula is C12H13Br2NO3. The van der Waals surface area contributed by atoms with Gasteiger partial charge in [0.15, 0.2) is 11.5 Å². The lowest BCUT2D eigenvalue weighted by molar-refractivity contribution is -0.117. The minimum absolute atomic E-state index is 0.125. The van der Waals surface area contributed by atoms with Crippen molar-refractivity contribution < 1.29 is 14.3 Å². The Labute approximate surface area is 122 Å². The van der Waals surface area contributed by atoms with Gasteiger partial charge in [0.05, 0.1) is 10.0 Å². The zero-order chi connectivity index (χ0) is 13.3. The van der Waals surface area contributed by atoms with Crippen molar-refractivity contribution in [3.05, 3.63) is 16.6 Å². The highest BCUT2D eigenvalue weighted by Crippen LogP contribution is 2.38. The lowest BCUT2D eigenvalue weighted by atomic mass is 10.2. The summed E-state index contributed by atoms with van der Waals surface area (Å²) in [6, 6.07) is 3.56. The monoisotopic (exact) mass is 377 g/mol. The summed E-state index contributed by atoms with van der Waals surface area (Å²) in [7, 11) is 0. The number of carbonyl (C=O) groups excluding carboxylic acids is 1. The van der Waals surface area contributed by atoms with Crippen LogP contribution in [0.4, 0.5) is 5.69 Å². The van der Waals surface area contributed by atoms with Gasteiger partial charge in [-0.25, -0.2) is 0 Å². The van der Waals surface area contributed by atoms with E-state index in [1.807, 2.05) is 0 Å². The van der Waals surface area contributed by atoms with Crippen LogP contribution in [0.1, 0.15) is 13.8 Å². The van der Waals surface area contributed by atoms with Crippen molar-refractivity contribution in [2.45, 2.75) is 18.2 Å². The van der Waals surface area contributed by atoms with E-state index < -0.39 is 4.32 Å². The standard InChI is InChI=1S/C12H13Br2NO3/c1-12(2,14)11(16)15-8-6-10-9(5-7(8)13)17-3-4-18-10/h5-6H,3-4H2,1-2H3,(H,15,16). The summed E-state index contributed by atoms with van der Waals surface area (Å²) < 4.78 is 11.1.